The van der Waals surface area contributed by atoms with Crippen molar-refractivity contribution in [2.45, 2.75) is 39.2 Å². The molecule has 0 spiro atoms. The summed E-state index contributed by atoms with van der Waals surface area (Å²) in [5, 5.41) is 9.14. The highest BCUT2D eigenvalue weighted by Gasteiger charge is 2.17. The van der Waals surface area contributed by atoms with Crippen molar-refractivity contribution >= 4 is 16.7 Å². The molecule has 0 aliphatic carbocycles. The molecule has 0 fully saturated rings. The first-order valence-electron chi connectivity index (χ1n) is 12.1. The number of aromatic nitrogens is 4. The normalized spacial score (nSPS) is 12.4. The zero-order valence-electron chi connectivity index (χ0n) is 21.0. The third kappa shape index (κ3) is 6.38. The number of ketones is 1. The van der Waals surface area contributed by atoms with Crippen LogP contribution in [-0.4, -0.2) is 57.6 Å². The molecular weight excluding hydrogens is 436 g/mol. The number of pyridine rings is 2. The Balaban J connectivity index is 1.60. The van der Waals surface area contributed by atoms with E-state index < -0.39 is 0 Å². The number of fused-ring (bicyclic) bond motifs is 1. The van der Waals surface area contributed by atoms with Crippen LogP contribution in [0.25, 0.3) is 16.6 Å². The van der Waals surface area contributed by atoms with Crippen molar-refractivity contribution in [3.63, 3.8) is 0 Å². The van der Waals surface area contributed by atoms with Crippen molar-refractivity contribution in [2.75, 3.05) is 27.2 Å². The molecule has 0 radical (unpaired) electrons. The van der Waals surface area contributed by atoms with Gasteiger partial charge < -0.3 is 10.2 Å². The summed E-state index contributed by atoms with van der Waals surface area (Å²) in [6.45, 7) is 6.45. The smallest absolute Gasteiger partial charge is 0.139 e. The van der Waals surface area contributed by atoms with E-state index in [0.29, 0.717) is 19.4 Å². The molecule has 1 aromatic carbocycles. The average Bonchev–Trinajstić information content (AvgIpc) is 3.26. The predicted octanol–water partition coefficient (Wildman–Crippen LogP) is 4.08. The number of hydrogen-bond donors (Lipinski definition) is 1. The fourth-order valence-corrected chi connectivity index (χ4v) is 4.29. The number of hydrogen-bond acceptors (Lipinski definition) is 6. The van der Waals surface area contributed by atoms with Gasteiger partial charge in [0.15, 0.2) is 0 Å². The van der Waals surface area contributed by atoms with Gasteiger partial charge in [0.1, 0.15) is 5.78 Å². The van der Waals surface area contributed by atoms with Gasteiger partial charge in [-0.3, -0.25) is 14.8 Å². The van der Waals surface area contributed by atoms with E-state index in [1.54, 1.807) is 6.20 Å². The molecule has 0 bridgehead atoms. The number of nitrogens with zero attached hydrogens (tertiary/aromatic N) is 5. The molecule has 0 unspecified atom stereocenters. The lowest BCUT2D eigenvalue weighted by atomic mass is 9.94. The number of benzene rings is 1. The van der Waals surface area contributed by atoms with E-state index >= 15 is 0 Å². The quantitative estimate of drug-likeness (QED) is 0.333. The van der Waals surface area contributed by atoms with Crippen LogP contribution in [0.4, 0.5) is 0 Å². The SMILES string of the molecule is Cc1cc(-n2ncc3cc(CC(=O)C[C@H](C)c4ccccc4)nc(CNCCN(C)C)c32)ccn1. The van der Waals surface area contributed by atoms with Crippen molar-refractivity contribution in [1.82, 2.24) is 30.0 Å². The highest BCUT2D eigenvalue weighted by Crippen LogP contribution is 2.24. The summed E-state index contributed by atoms with van der Waals surface area (Å²) in [4.78, 5) is 24.4. The monoisotopic (exact) mass is 470 g/mol. The minimum absolute atomic E-state index is 0.178. The van der Waals surface area contributed by atoms with E-state index in [2.05, 4.69) is 53.5 Å². The lowest BCUT2D eigenvalue weighted by molar-refractivity contribution is -0.118. The van der Waals surface area contributed by atoms with Crippen LogP contribution in [0.5, 0.6) is 0 Å². The van der Waals surface area contributed by atoms with Gasteiger partial charge in [0.2, 0.25) is 0 Å². The number of nitrogens with one attached hydrogen (secondary N) is 1. The predicted molar refractivity (Wildman–Crippen MR) is 140 cm³/mol. The van der Waals surface area contributed by atoms with Crippen molar-refractivity contribution < 1.29 is 4.79 Å². The maximum Gasteiger partial charge on any atom is 0.139 e. The molecule has 35 heavy (non-hydrogen) atoms. The maximum atomic E-state index is 13.0. The Morgan fingerprint density at radius 1 is 1.14 bits per heavy atom. The molecule has 0 amide bonds. The second-order valence-corrected chi connectivity index (χ2v) is 9.42. The third-order valence-electron chi connectivity index (χ3n) is 6.11. The van der Waals surface area contributed by atoms with Crippen LogP contribution in [0.15, 0.2) is 60.9 Å². The first-order chi connectivity index (χ1) is 16.9. The number of carbonyl (C=O) groups is 1. The molecule has 3 aromatic heterocycles. The molecule has 4 rings (SSSR count). The standard InChI is InChI=1S/C28H34N6O/c1-20(22-8-6-5-7-9-22)14-26(35)17-24-16-23-18-31-34(25-10-11-30-21(2)15-25)28(23)27(32-24)19-29-12-13-33(3)4/h5-11,15-16,18,20,29H,12-14,17,19H2,1-4H3/t20-/m0/s1. The summed E-state index contributed by atoms with van der Waals surface area (Å²) in [5.74, 6) is 0.370. The highest BCUT2D eigenvalue weighted by molar-refractivity contribution is 5.86. The van der Waals surface area contributed by atoms with E-state index in [1.165, 1.54) is 5.56 Å². The minimum Gasteiger partial charge on any atom is -0.310 e. The van der Waals surface area contributed by atoms with Crippen LogP contribution in [0.1, 0.15) is 41.9 Å². The van der Waals surface area contributed by atoms with Gasteiger partial charge in [-0.05, 0) is 50.7 Å². The van der Waals surface area contributed by atoms with Crippen LogP contribution >= 0.6 is 0 Å². The molecule has 0 aliphatic rings. The van der Waals surface area contributed by atoms with E-state index in [4.69, 9.17) is 4.98 Å². The highest BCUT2D eigenvalue weighted by atomic mass is 16.1. The van der Waals surface area contributed by atoms with Gasteiger partial charge in [0.05, 0.1) is 23.1 Å². The van der Waals surface area contributed by atoms with Crippen LogP contribution in [0.3, 0.4) is 0 Å². The van der Waals surface area contributed by atoms with Crippen LogP contribution < -0.4 is 5.32 Å². The van der Waals surface area contributed by atoms with Gasteiger partial charge in [0.25, 0.3) is 0 Å². The first kappa shape index (κ1) is 24.7. The van der Waals surface area contributed by atoms with Crippen molar-refractivity contribution in [3.05, 3.63) is 83.6 Å². The lowest BCUT2D eigenvalue weighted by Crippen LogP contribution is -2.26. The van der Waals surface area contributed by atoms with E-state index in [0.717, 1.165) is 46.8 Å². The first-order valence-corrected chi connectivity index (χ1v) is 12.1. The summed E-state index contributed by atoms with van der Waals surface area (Å²) in [6, 6.07) is 16.2. The van der Waals surface area contributed by atoms with E-state index in [-0.39, 0.29) is 11.7 Å². The van der Waals surface area contributed by atoms with Gasteiger partial charge in [-0.1, -0.05) is 37.3 Å². The van der Waals surface area contributed by atoms with Gasteiger partial charge in [-0.2, -0.15) is 5.10 Å². The fraction of sp³-hybridized carbons (Fsp3) is 0.357. The number of carbonyl (C=O) groups excluding carboxylic acids is 1. The molecule has 4 aromatic rings. The number of Topliss-reactive ketones (excluding diaryl/α,β-unsaturated/α-hetero) is 1. The Bertz CT molecular complexity index is 1280. The Kier molecular flexibility index (Phi) is 8.00. The van der Waals surface area contributed by atoms with Gasteiger partial charge in [0, 0.05) is 55.4 Å². The summed E-state index contributed by atoms with van der Waals surface area (Å²) in [7, 11) is 4.11. The van der Waals surface area contributed by atoms with Crippen molar-refractivity contribution in [2.24, 2.45) is 0 Å². The topological polar surface area (TPSA) is 75.9 Å². The Morgan fingerprint density at radius 2 is 1.94 bits per heavy atom. The van der Waals surface area contributed by atoms with Crippen molar-refractivity contribution in [3.8, 4) is 5.69 Å². The fourth-order valence-electron chi connectivity index (χ4n) is 4.29. The molecule has 0 saturated heterocycles. The maximum absolute atomic E-state index is 13.0. The van der Waals surface area contributed by atoms with Crippen LogP contribution in [0, 0.1) is 6.92 Å². The molecule has 0 aliphatic heterocycles. The zero-order chi connectivity index (χ0) is 24.8. The Hall–Kier alpha value is -3.42. The largest absolute Gasteiger partial charge is 0.310 e. The van der Waals surface area contributed by atoms with Crippen molar-refractivity contribution in [1.29, 1.82) is 0 Å². The molecule has 3 heterocycles. The summed E-state index contributed by atoms with van der Waals surface area (Å²) < 4.78 is 1.92. The van der Waals surface area contributed by atoms with Crippen LogP contribution in [0.2, 0.25) is 0 Å². The molecule has 182 valence electrons. The molecule has 1 N–H and O–H groups in total. The molecule has 7 heteroatoms. The summed E-state index contributed by atoms with van der Waals surface area (Å²) >= 11 is 0. The Morgan fingerprint density at radius 3 is 2.69 bits per heavy atom. The van der Waals surface area contributed by atoms with Gasteiger partial charge >= 0.3 is 0 Å². The summed E-state index contributed by atoms with van der Waals surface area (Å²) in [5.41, 5.74) is 5.71. The third-order valence-corrected chi connectivity index (χ3v) is 6.11. The lowest BCUT2D eigenvalue weighted by Gasteiger charge is -2.14. The van der Waals surface area contributed by atoms with E-state index in [9.17, 15) is 4.79 Å². The van der Waals surface area contributed by atoms with Gasteiger partial charge in [-0.25, -0.2) is 4.68 Å². The average molecular weight is 471 g/mol. The molecule has 0 saturated carbocycles. The molecule has 1 atom stereocenters. The Labute approximate surface area is 207 Å². The van der Waals surface area contributed by atoms with Gasteiger partial charge in [-0.15, -0.1) is 0 Å². The zero-order valence-corrected chi connectivity index (χ0v) is 21.0. The van der Waals surface area contributed by atoms with Crippen LogP contribution in [-0.2, 0) is 17.8 Å². The second kappa shape index (κ2) is 11.3. The second-order valence-electron chi connectivity index (χ2n) is 9.42. The number of rotatable bonds is 11. The van der Waals surface area contributed by atoms with E-state index in [1.807, 2.05) is 54.2 Å². The molecular formula is C28H34N6O. The number of aryl methyl sites for hydroxylation is 1. The summed E-state index contributed by atoms with van der Waals surface area (Å²) in [6.07, 6.45) is 4.46. The number of likely N-dealkylation sites (N-methyl/N-ethyl adjacent to an activating group) is 1. The minimum atomic E-state index is 0.178. The molecule has 7 nitrogen and oxygen atoms in total.